The van der Waals surface area contributed by atoms with E-state index in [1.165, 1.54) is 20.9 Å². The number of pyridine rings is 2. The molecule has 0 saturated carbocycles. The lowest BCUT2D eigenvalue weighted by Crippen LogP contribution is -2.23. The molecule has 208 valence electrons. The third-order valence-electron chi connectivity index (χ3n) is 8.64. The van der Waals surface area contributed by atoms with Crippen molar-refractivity contribution in [3.05, 3.63) is 150 Å². The highest BCUT2D eigenvalue weighted by Gasteiger charge is 2.34. The number of nitrogens with zero attached hydrogens (tertiary/aromatic N) is 3. The van der Waals surface area contributed by atoms with E-state index in [0.717, 1.165) is 38.9 Å². The van der Waals surface area contributed by atoms with Gasteiger partial charge in [-0.2, -0.15) is 0 Å². The number of hydrogen-bond acceptors (Lipinski definition) is 3. The maximum Gasteiger partial charge on any atom is 0.150 e. The molecule has 5 heteroatoms. The highest BCUT2D eigenvalue weighted by Crippen LogP contribution is 2.51. The number of fused-ring (bicyclic) bond motifs is 5. The van der Waals surface area contributed by atoms with Crippen LogP contribution in [0.3, 0.4) is 0 Å². The molecule has 0 aliphatic carbocycles. The fourth-order valence-electron chi connectivity index (χ4n) is 6.44. The van der Waals surface area contributed by atoms with E-state index >= 15 is 4.39 Å². The number of benzene rings is 4. The second kappa shape index (κ2) is 9.92. The summed E-state index contributed by atoms with van der Waals surface area (Å²) in [5, 5.41) is 2.23. The summed E-state index contributed by atoms with van der Waals surface area (Å²) in [7, 11) is 0. The van der Waals surface area contributed by atoms with E-state index in [1.54, 1.807) is 6.20 Å². The van der Waals surface area contributed by atoms with Gasteiger partial charge in [-0.05, 0) is 82.9 Å². The Bertz CT molecular complexity index is 2170. The molecule has 4 heterocycles. The van der Waals surface area contributed by atoms with Gasteiger partial charge in [-0.15, -0.1) is 0 Å². The van der Waals surface area contributed by atoms with Crippen molar-refractivity contribution in [1.29, 1.82) is 0 Å². The number of alkyl halides is 1. The van der Waals surface area contributed by atoms with E-state index in [2.05, 4.69) is 65.9 Å². The van der Waals surface area contributed by atoms with Gasteiger partial charge in [-0.1, -0.05) is 80.2 Å². The Labute approximate surface area is 254 Å². The molecule has 1 aliphatic rings. The van der Waals surface area contributed by atoms with Crippen molar-refractivity contribution in [3.8, 4) is 16.9 Å². The van der Waals surface area contributed by atoms with Crippen LogP contribution in [0.4, 0.5) is 4.39 Å². The maximum absolute atomic E-state index is 16.2. The largest absolute Gasteiger partial charge is 0.294 e. The molecule has 0 radical (unpaired) electrons. The molecule has 3 nitrogen and oxygen atoms in total. The zero-order valence-electron chi connectivity index (χ0n) is 23.8. The Morgan fingerprint density at radius 3 is 2.33 bits per heavy atom. The Morgan fingerprint density at radius 1 is 0.674 bits per heavy atom. The van der Waals surface area contributed by atoms with Crippen LogP contribution in [-0.2, 0) is 5.41 Å². The first-order valence-electron chi connectivity index (χ1n) is 14.5. The van der Waals surface area contributed by atoms with Gasteiger partial charge in [0.05, 0.1) is 11.2 Å². The Kier molecular flexibility index (Phi) is 5.98. The van der Waals surface area contributed by atoms with Crippen LogP contribution in [0.1, 0.15) is 42.3 Å². The summed E-state index contributed by atoms with van der Waals surface area (Å²) < 4.78 is 18.4. The lowest BCUT2D eigenvalue weighted by molar-refractivity contribution is 0.402. The Morgan fingerprint density at radius 2 is 1.47 bits per heavy atom. The van der Waals surface area contributed by atoms with Crippen LogP contribution in [0, 0.1) is 0 Å². The Hall–Kier alpha value is -4.74. The summed E-state index contributed by atoms with van der Waals surface area (Å²) in [5.41, 5.74) is 8.23. The molecule has 1 unspecified atom stereocenters. The summed E-state index contributed by atoms with van der Waals surface area (Å²) in [6.45, 7) is 4.60. The predicted molar refractivity (Wildman–Crippen MR) is 174 cm³/mol. The van der Waals surface area contributed by atoms with E-state index in [9.17, 15) is 0 Å². The lowest BCUT2D eigenvalue weighted by atomic mass is 9.77. The molecule has 1 aliphatic heterocycles. The van der Waals surface area contributed by atoms with Gasteiger partial charge in [0, 0.05) is 49.6 Å². The average molecular weight is 578 g/mol. The van der Waals surface area contributed by atoms with Crippen molar-refractivity contribution in [3.63, 3.8) is 0 Å². The first kappa shape index (κ1) is 25.9. The summed E-state index contributed by atoms with van der Waals surface area (Å²) in [6.07, 6.45) is 2.30. The van der Waals surface area contributed by atoms with Gasteiger partial charge in [-0.3, -0.25) is 9.55 Å². The molecule has 3 aromatic heterocycles. The fraction of sp³-hybridized carbons (Fsp3) is 0.105. The summed E-state index contributed by atoms with van der Waals surface area (Å²) >= 11 is 1.83. The second-order valence-electron chi connectivity index (χ2n) is 11.6. The summed E-state index contributed by atoms with van der Waals surface area (Å²) in [6, 6.07) is 38.6. The van der Waals surface area contributed by atoms with E-state index < -0.39 is 6.17 Å². The fourth-order valence-corrected chi connectivity index (χ4v) is 7.86. The van der Waals surface area contributed by atoms with Crippen molar-refractivity contribution >= 4 is 33.7 Å². The standard InChI is InChI=1S/C38H28FN3S/c1-38(2)30-15-3-4-17-34(30)43-35-22-29-28-14-9-19-41-37(28)42(33(29)23-31(35)38)27-13-8-12-26(21-27)36(39)25-11-7-10-24(20-25)32-16-5-6-18-40-32/h3-23,36H,1-2H3. The average Bonchev–Trinajstić information content (AvgIpc) is 3.38. The molecule has 1 atom stereocenters. The summed E-state index contributed by atoms with van der Waals surface area (Å²) in [5.74, 6) is 0. The zero-order valence-corrected chi connectivity index (χ0v) is 24.6. The monoisotopic (exact) mass is 577 g/mol. The zero-order chi connectivity index (χ0) is 29.1. The van der Waals surface area contributed by atoms with Crippen LogP contribution in [0.25, 0.3) is 38.9 Å². The van der Waals surface area contributed by atoms with Gasteiger partial charge in [0.1, 0.15) is 5.65 Å². The Balaban J connectivity index is 1.28. The van der Waals surface area contributed by atoms with Gasteiger partial charge in [0.25, 0.3) is 0 Å². The maximum atomic E-state index is 16.2. The van der Waals surface area contributed by atoms with Gasteiger partial charge in [-0.25, -0.2) is 9.37 Å². The molecule has 0 spiro atoms. The smallest absolute Gasteiger partial charge is 0.150 e. The summed E-state index contributed by atoms with van der Waals surface area (Å²) in [4.78, 5) is 11.8. The van der Waals surface area contributed by atoms with Crippen LogP contribution in [0.15, 0.2) is 137 Å². The molecule has 0 saturated heterocycles. The van der Waals surface area contributed by atoms with Crippen molar-refractivity contribution in [2.45, 2.75) is 35.2 Å². The van der Waals surface area contributed by atoms with Crippen LogP contribution in [0.2, 0.25) is 0 Å². The second-order valence-corrected chi connectivity index (χ2v) is 12.7. The molecule has 0 N–H and O–H groups in total. The third-order valence-corrected chi connectivity index (χ3v) is 9.78. The van der Waals surface area contributed by atoms with Crippen molar-refractivity contribution in [2.75, 3.05) is 0 Å². The molecule has 0 fully saturated rings. The van der Waals surface area contributed by atoms with Crippen LogP contribution in [-0.4, -0.2) is 14.5 Å². The van der Waals surface area contributed by atoms with E-state index in [0.29, 0.717) is 11.1 Å². The molecule has 7 aromatic rings. The van der Waals surface area contributed by atoms with Crippen molar-refractivity contribution in [1.82, 2.24) is 14.5 Å². The minimum atomic E-state index is -1.29. The molecule has 43 heavy (non-hydrogen) atoms. The number of aromatic nitrogens is 3. The minimum Gasteiger partial charge on any atom is -0.294 e. The van der Waals surface area contributed by atoms with Crippen LogP contribution in [0.5, 0.6) is 0 Å². The van der Waals surface area contributed by atoms with E-state index in [-0.39, 0.29) is 5.41 Å². The van der Waals surface area contributed by atoms with Gasteiger partial charge >= 0.3 is 0 Å². The topological polar surface area (TPSA) is 30.7 Å². The number of hydrogen-bond donors (Lipinski definition) is 0. The van der Waals surface area contributed by atoms with Crippen LogP contribution >= 0.6 is 11.8 Å². The highest BCUT2D eigenvalue weighted by atomic mass is 32.2. The molecule has 4 aromatic carbocycles. The minimum absolute atomic E-state index is 0.162. The van der Waals surface area contributed by atoms with E-state index in [1.807, 2.05) is 90.8 Å². The molecule has 0 bridgehead atoms. The molecule has 0 amide bonds. The number of halogens is 1. The molecule has 8 rings (SSSR count). The van der Waals surface area contributed by atoms with Crippen molar-refractivity contribution in [2.24, 2.45) is 0 Å². The highest BCUT2D eigenvalue weighted by molar-refractivity contribution is 7.99. The van der Waals surface area contributed by atoms with Crippen LogP contribution < -0.4 is 0 Å². The quantitative estimate of drug-likeness (QED) is 0.209. The number of rotatable bonds is 4. The predicted octanol–water partition coefficient (Wildman–Crippen LogP) is 10.1. The van der Waals surface area contributed by atoms with Gasteiger partial charge in [0.2, 0.25) is 0 Å². The SMILES string of the molecule is CC1(C)c2ccccc2Sc2cc3c4cccnc4n(-c4cccc(C(F)c5cccc(-c6ccccn6)c5)c4)c3cc21. The lowest BCUT2D eigenvalue weighted by Gasteiger charge is -2.34. The molecular weight excluding hydrogens is 550 g/mol. The van der Waals surface area contributed by atoms with Gasteiger partial charge in [0.15, 0.2) is 6.17 Å². The molecular formula is C38H28FN3S. The van der Waals surface area contributed by atoms with Gasteiger partial charge < -0.3 is 0 Å². The van der Waals surface area contributed by atoms with E-state index in [4.69, 9.17) is 4.98 Å². The normalized spacial score (nSPS) is 14.4. The third kappa shape index (κ3) is 4.18. The van der Waals surface area contributed by atoms with Crippen molar-refractivity contribution < 1.29 is 4.39 Å². The first-order chi connectivity index (χ1) is 21.0. The first-order valence-corrected chi connectivity index (χ1v) is 15.3.